The number of carbonyl (C=O) groups excluding carboxylic acids is 2. The summed E-state index contributed by atoms with van der Waals surface area (Å²) in [7, 11) is 1.57. The zero-order valence-electron chi connectivity index (χ0n) is 15.5. The predicted molar refractivity (Wildman–Crippen MR) is 110 cm³/mol. The van der Waals surface area contributed by atoms with Gasteiger partial charge in [-0.05, 0) is 48.9 Å². The van der Waals surface area contributed by atoms with Crippen LogP contribution in [0.5, 0.6) is 11.5 Å². The van der Waals surface area contributed by atoms with E-state index in [0.717, 1.165) is 0 Å². The first-order valence-electron chi connectivity index (χ1n) is 8.76. The van der Waals surface area contributed by atoms with Gasteiger partial charge in [0.1, 0.15) is 11.5 Å². The second kappa shape index (κ2) is 11.4. The number of amides is 2. The van der Waals surface area contributed by atoms with Gasteiger partial charge in [-0.2, -0.15) is 0 Å². The summed E-state index contributed by atoms with van der Waals surface area (Å²) in [5.74, 6) is 0.911. The maximum atomic E-state index is 12.0. The van der Waals surface area contributed by atoms with Gasteiger partial charge in [-0.1, -0.05) is 23.2 Å². The zero-order valence-corrected chi connectivity index (χ0v) is 17.0. The maximum absolute atomic E-state index is 12.0. The van der Waals surface area contributed by atoms with Crippen LogP contribution in [-0.2, 0) is 4.79 Å². The van der Waals surface area contributed by atoms with Gasteiger partial charge in [0, 0.05) is 30.1 Å². The molecule has 28 heavy (non-hydrogen) atoms. The smallest absolute Gasteiger partial charge is 0.251 e. The van der Waals surface area contributed by atoms with Crippen LogP contribution in [0, 0.1) is 0 Å². The molecule has 0 fully saturated rings. The highest BCUT2D eigenvalue weighted by atomic mass is 35.5. The fourth-order valence-electron chi connectivity index (χ4n) is 2.32. The summed E-state index contributed by atoms with van der Waals surface area (Å²) >= 11 is 11.8. The Kier molecular flexibility index (Phi) is 8.91. The third-order valence-corrected chi connectivity index (χ3v) is 4.32. The van der Waals surface area contributed by atoms with Gasteiger partial charge in [-0.25, -0.2) is 0 Å². The van der Waals surface area contributed by atoms with E-state index in [4.69, 9.17) is 32.7 Å². The van der Waals surface area contributed by atoms with E-state index in [1.165, 1.54) is 0 Å². The van der Waals surface area contributed by atoms with Crippen LogP contribution in [0.2, 0.25) is 10.0 Å². The normalized spacial score (nSPS) is 10.2. The Balaban J connectivity index is 1.57. The highest BCUT2D eigenvalue weighted by Crippen LogP contribution is 2.27. The SMILES string of the molecule is COc1ccc(C(=O)NCCNC(=O)CCCOc2ccc(Cl)cc2Cl)cc1. The molecule has 6 nitrogen and oxygen atoms in total. The van der Waals surface area contributed by atoms with Crippen molar-refractivity contribution in [2.75, 3.05) is 26.8 Å². The molecule has 0 saturated heterocycles. The van der Waals surface area contributed by atoms with Crippen molar-refractivity contribution in [3.63, 3.8) is 0 Å². The minimum absolute atomic E-state index is 0.107. The third-order valence-electron chi connectivity index (χ3n) is 3.78. The van der Waals surface area contributed by atoms with Crippen LogP contribution in [0.3, 0.4) is 0 Å². The minimum atomic E-state index is -0.204. The van der Waals surface area contributed by atoms with Crippen molar-refractivity contribution in [1.82, 2.24) is 10.6 Å². The number of hydrogen-bond donors (Lipinski definition) is 2. The van der Waals surface area contributed by atoms with Crippen molar-refractivity contribution < 1.29 is 19.1 Å². The quantitative estimate of drug-likeness (QED) is 0.569. The average molecular weight is 425 g/mol. The van der Waals surface area contributed by atoms with Crippen LogP contribution in [0.15, 0.2) is 42.5 Å². The number of rotatable bonds is 10. The number of benzene rings is 2. The molecule has 0 atom stereocenters. The molecule has 150 valence electrons. The number of hydrogen-bond acceptors (Lipinski definition) is 4. The molecule has 0 bridgehead atoms. The lowest BCUT2D eigenvalue weighted by Gasteiger charge is -2.09. The largest absolute Gasteiger partial charge is 0.497 e. The second-order valence-corrected chi connectivity index (χ2v) is 6.70. The molecule has 0 spiro atoms. The predicted octanol–water partition coefficient (Wildman–Crippen LogP) is 3.71. The van der Waals surface area contributed by atoms with E-state index in [1.54, 1.807) is 49.6 Å². The zero-order chi connectivity index (χ0) is 20.4. The number of carbonyl (C=O) groups is 2. The van der Waals surface area contributed by atoms with E-state index in [-0.39, 0.29) is 11.8 Å². The average Bonchev–Trinajstić information content (AvgIpc) is 2.69. The summed E-state index contributed by atoms with van der Waals surface area (Å²) in [6.45, 7) is 1.06. The standard InChI is InChI=1S/C20H22Cl2N2O4/c1-27-16-7-4-14(5-8-16)20(26)24-11-10-23-19(25)3-2-12-28-18-9-6-15(21)13-17(18)22/h4-9,13H,2-3,10-12H2,1H3,(H,23,25)(H,24,26). The van der Waals surface area contributed by atoms with Crippen molar-refractivity contribution in [3.05, 3.63) is 58.1 Å². The molecule has 2 N–H and O–H groups in total. The molecule has 8 heteroatoms. The van der Waals surface area contributed by atoms with Gasteiger partial charge in [0.2, 0.25) is 5.91 Å². The number of ether oxygens (including phenoxy) is 2. The molecule has 0 aromatic heterocycles. The number of halogens is 2. The van der Waals surface area contributed by atoms with E-state index in [2.05, 4.69) is 10.6 Å². The van der Waals surface area contributed by atoms with Crippen molar-refractivity contribution in [3.8, 4) is 11.5 Å². The Morgan fingerprint density at radius 2 is 1.71 bits per heavy atom. The Morgan fingerprint density at radius 1 is 1.00 bits per heavy atom. The van der Waals surface area contributed by atoms with E-state index in [1.807, 2.05) is 0 Å². The van der Waals surface area contributed by atoms with Gasteiger partial charge in [0.05, 0.1) is 18.7 Å². The van der Waals surface area contributed by atoms with E-state index < -0.39 is 0 Å². The summed E-state index contributed by atoms with van der Waals surface area (Å²) in [5.41, 5.74) is 0.533. The Bertz CT molecular complexity index is 797. The molecule has 2 amide bonds. The van der Waals surface area contributed by atoms with Crippen LogP contribution < -0.4 is 20.1 Å². The lowest BCUT2D eigenvalue weighted by Crippen LogP contribution is -2.34. The van der Waals surface area contributed by atoms with Crippen molar-refractivity contribution >= 4 is 35.0 Å². The maximum Gasteiger partial charge on any atom is 0.251 e. The highest BCUT2D eigenvalue weighted by Gasteiger charge is 2.06. The summed E-state index contributed by atoms with van der Waals surface area (Å²) in [5, 5.41) is 6.47. The van der Waals surface area contributed by atoms with Crippen LogP contribution in [0.4, 0.5) is 0 Å². The molecule has 0 aliphatic rings. The molecular weight excluding hydrogens is 403 g/mol. The van der Waals surface area contributed by atoms with Crippen LogP contribution in [0.25, 0.3) is 0 Å². The molecule has 0 aliphatic carbocycles. The molecule has 2 rings (SSSR count). The molecule has 0 radical (unpaired) electrons. The highest BCUT2D eigenvalue weighted by molar-refractivity contribution is 6.35. The third kappa shape index (κ3) is 7.29. The second-order valence-electron chi connectivity index (χ2n) is 5.86. The lowest BCUT2D eigenvalue weighted by molar-refractivity contribution is -0.121. The first-order chi connectivity index (χ1) is 13.5. The van der Waals surface area contributed by atoms with Gasteiger partial charge in [-0.3, -0.25) is 9.59 Å². The molecular formula is C20H22Cl2N2O4. The molecule has 2 aromatic rings. The fourth-order valence-corrected chi connectivity index (χ4v) is 2.78. The van der Waals surface area contributed by atoms with Crippen molar-refractivity contribution in [1.29, 1.82) is 0 Å². The first-order valence-corrected chi connectivity index (χ1v) is 9.52. The van der Waals surface area contributed by atoms with Gasteiger partial charge in [0.15, 0.2) is 0 Å². The minimum Gasteiger partial charge on any atom is -0.497 e. The molecule has 0 heterocycles. The monoisotopic (exact) mass is 424 g/mol. The van der Waals surface area contributed by atoms with E-state index in [0.29, 0.717) is 59.6 Å². The van der Waals surface area contributed by atoms with Gasteiger partial charge < -0.3 is 20.1 Å². The van der Waals surface area contributed by atoms with E-state index >= 15 is 0 Å². The topological polar surface area (TPSA) is 76.7 Å². The summed E-state index contributed by atoms with van der Waals surface area (Å²) in [6.07, 6.45) is 0.862. The molecule has 2 aromatic carbocycles. The molecule has 0 unspecified atom stereocenters. The Morgan fingerprint density at radius 3 is 2.39 bits per heavy atom. The summed E-state index contributed by atoms with van der Waals surface area (Å²) in [4.78, 5) is 23.8. The van der Waals surface area contributed by atoms with Crippen molar-refractivity contribution in [2.45, 2.75) is 12.8 Å². The van der Waals surface area contributed by atoms with Gasteiger partial charge >= 0.3 is 0 Å². The van der Waals surface area contributed by atoms with Crippen LogP contribution in [0.1, 0.15) is 23.2 Å². The number of methoxy groups -OCH3 is 1. The van der Waals surface area contributed by atoms with E-state index in [9.17, 15) is 9.59 Å². The van der Waals surface area contributed by atoms with Crippen LogP contribution >= 0.6 is 23.2 Å². The molecule has 0 saturated carbocycles. The first kappa shape index (κ1) is 21.9. The summed E-state index contributed by atoms with van der Waals surface area (Å²) in [6, 6.07) is 11.8. The van der Waals surface area contributed by atoms with Crippen molar-refractivity contribution in [2.24, 2.45) is 0 Å². The number of nitrogens with one attached hydrogen (secondary N) is 2. The Hall–Kier alpha value is -2.44. The fraction of sp³-hybridized carbons (Fsp3) is 0.300. The Labute approximate surface area is 174 Å². The summed E-state index contributed by atoms with van der Waals surface area (Å²) < 4.78 is 10.6. The van der Waals surface area contributed by atoms with Gasteiger partial charge in [-0.15, -0.1) is 0 Å². The molecule has 0 aliphatic heterocycles. The lowest BCUT2D eigenvalue weighted by atomic mass is 10.2. The van der Waals surface area contributed by atoms with Gasteiger partial charge in [0.25, 0.3) is 5.91 Å². The van der Waals surface area contributed by atoms with Crippen LogP contribution in [-0.4, -0.2) is 38.6 Å².